The maximum atomic E-state index is 11.8. The maximum Gasteiger partial charge on any atom is 0.265 e. The first kappa shape index (κ1) is 15.6. The Balaban J connectivity index is 1.63. The lowest BCUT2D eigenvalue weighted by Gasteiger charge is -2.26. The highest BCUT2D eigenvalue weighted by Crippen LogP contribution is 2.32. The summed E-state index contributed by atoms with van der Waals surface area (Å²) in [4.78, 5) is 15.8. The van der Waals surface area contributed by atoms with Crippen LogP contribution in [0, 0.1) is 0 Å². The van der Waals surface area contributed by atoms with Crippen LogP contribution in [0.5, 0.6) is 5.75 Å². The van der Waals surface area contributed by atoms with Crippen LogP contribution in [-0.2, 0) is 11.3 Å². The molecule has 6 nitrogen and oxygen atoms in total. The average Bonchev–Trinajstić information content (AvgIpc) is 3.07. The lowest BCUT2D eigenvalue weighted by molar-refractivity contribution is -0.123. The SMILES string of the molecule is CC[C@@H]1Oc2cc([C@H](C)NCCn3ccnc3)ccc2NC1=O. The molecule has 6 heteroatoms. The number of nitrogens with one attached hydrogen (secondary N) is 2. The van der Waals surface area contributed by atoms with E-state index < -0.39 is 6.10 Å². The third-order valence-corrected chi connectivity index (χ3v) is 4.08. The molecule has 23 heavy (non-hydrogen) atoms. The molecule has 0 saturated carbocycles. The van der Waals surface area contributed by atoms with E-state index in [0.29, 0.717) is 6.42 Å². The molecule has 1 aromatic carbocycles. The van der Waals surface area contributed by atoms with E-state index in [1.54, 1.807) is 6.20 Å². The van der Waals surface area contributed by atoms with Gasteiger partial charge in [0.15, 0.2) is 6.10 Å². The van der Waals surface area contributed by atoms with Gasteiger partial charge in [-0.1, -0.05) is 13.0 Å². The number of hydrogen-bond acceptors (Lipinski definition) is 4. The zero-order valence-corrected chi connectivity index (χ0v) is 13.5. The Kier molecular flexibility index (Phi) is 4.62. The number of hydrogen-bond donors (Lipinski definition) is 2. The summed E-state index contributed by atoms with van der Waals surface area (Å²) >= 11 is 0. The molecule has 3 rings (SSSR count). The molecule has 2 aromatic rings. The Morgan fingerprint density at radius 1 is 1.48 bits per heavy atom. The van der Waals surface area contributed by atoms with Crippen LogP contribution in [0.3, 0.4) is 0 Å². The highest BCUT2D eigenvalue weighted by atomic mass is 16.5. The number of aromatic nitrogens is 2. The molecular formula is C17H22N4O2. The van der Waals surface area contributed by atoms with E-state index in [-0.39, 0.29) is 11.9 Å². The fraction of sp³-hybridized carbons (Fsp3) is 0.412. The lowest BCUT2D eigenvalue weighted by Crippen LogP contribution is -2.36. The van der Waals surface area contributed by atoms with Crippen molar-refractivity contribution in [3.8, 4) is 5.75 Å². The first-order chi connectivity index (χ1) is 11.2. The van der Waals surface area contributed by atoms with E-state index in [4.69, 9.17) is 4.74 Å². The predicted octanol–water partition coefficient (Wildman–Crippen LogP) is 2.34. The van der Waals surface area contributed by atoms with Gasteiger partial charge in [-0.15, -0.1) is 0 Å². The van der Waals surface area contributed by atoms with Gasteiger partial charge in [0.05, 0.1) is 12.0 Å². The number of carbonyl (C=O) groups is 1. The smallest absolute Gasteiger partial charge is 0.265 e. The number of imidazole rings is 1. The topological polar surface area (TPSA) is 68.2 Å². The summed E-state index contributed by atoms with van der Waals surface area (Å²) in [6.07, 6.45) is 5.80. The van der Waals surface area contributed by atoms with Crippen molar-refractivity contribution >= 4 is 11.6 Å². The number of benzene rings is 1. The number of nitrogens with zero attached hydrogens (tertiary/aromatic N) is 2. The van der Waals surface area contributed by atoms with Gasteiger partial charge in [0, 0.05) is 31.5 Å². The first-order valence-electron chi connectivity index (χ1n) is 7.98. The molecule has 1 aromatic heterocycles. The van der Waals surface area contributed by atoms with E-state index in [1.165, 1.54) is 0 Å². The predicted molar refractivity (Wildman–Crippen MR) is 88.4 cm³/mol. The van der Waals surface area contributed by atoms with Gasteiger partial charge in [-0.3, -0.25) is 4.79 Å². The summed E-state index contributed by atoms with van der Waals surface area (Å²) in [7, 11) is 0. The third kappa shape index (κ3) is 3.53. The zero-order chi connectivity index (χ0) is 16.2. The maximum absolute atomic E-state index is 11.8. The molecule has 0 saturated heterocycles. The van der Waals surface area contributed by atoms with Crippen molar-refractivity contribution in [1.29, 1.82) is 0 Å². The van der Waals surface area contributed by atoms with Crippen molar-refractivity contribution in [1.82, 2.24) is 14.9 Å². The minimum Gasteiger partial charge on any atom is -0.478 e. The van der Waals surface area contributed by atoms with E-state index >= 15 is 0 Å². The lowest BCUT2D eigenvalue weighted by atomic mass is 10.1. The van der Waals surface area contributed by atoms with Gasteiger partial charge in [0.2, 0.25) is 0 Å². The molecule has 0 fully saturated rings. The van der Waals surface area contributed by atoms with Gasteiger partial charge in [-0.2, -0.15) is 0 Å². The summed E-state index contributed by atoms with van der Waals surface area (Å²) in [5.41, 5.74) is 1.88. The van der Waals surface area contributed by atoms with Crippen LogP contribution < -0.4 is 15.4 Å². The van der Waals surface area contributed by atoms with Crippen molar-refractivity contribution in [3.05, 3.63) is 42.5 Å². The molecule has 0 spiro atoms. The molecule has 0 unspecified atom stereocenters. The van der Waals surface area contributed by atoms with E-state index in [1.807, 2.05) is 42.2 Å². The Labute approximate surface area is 135 Å². The summed E-state index contributed by atoms with van der Waals surface area (Å²) in [5.74, 6) is 0.677. The molecule has 122 valence electrons. The molecule has 1 aliphatic rings. The Bertz CT molecular complexity index is 669. The molecule has 2 N–H and O–H groups in total. The Morgan fingerprint density at radius 2 is 2.35 bits per heavy atom. The summed E-state index contributed by atoms with van der Waals surface area (Å²) in [6, 6.07) is 6.13. The van der Waals surface area contributed by atoms with Gasteiger partial charge in [0.25, 0.3) is 5.91 Å². The third-order valence-electron chi connectivity index (χ3n) is 4.08. The molecule has 0 bridgehead atoms. The van der Waals surface area contributed by atoms with Crippen LogP contribution in [0.2, 0.25) is 0 Å². The minimum absolute atomic E-state index is 0.0701. The van der Waals surface area contributed by atoms with Gasteiger partial charge in [0.1, 0.15) is 5.75 Å². The van der Waals surface area contributed by atoms with Gasteiger partial charge in [-0.25, -0.2) is 4.98 Å². The molecule has 0 aliphatic carbocycles. The van der Waals surface area contributed by atoms with Crippen molar-refractivity contribution in [3.63, 3.8) is 0 Å². The summed E-state index contributed by atoms with van der Waals surface area (Å²) in [6.45, 7) is 5.79. The van der Waals surface area contributed by atoms with Crippen molar-refractivity contribution in [2.75, 3.05) is 11.9 Å². The number of ether oxygens (including phenoxy) is 1. The Hall–Kier alpha value is -2.34. The summed E-state index contributed by atoms with van der Waals surface area (Å²) < 4.78 is 7.83. The molecular weight excluding hydrogens is 292 g/mol. The molecule has 0 radical (unpaired) electrons. The highest BCUT2D eigenvalue weighted by molar-refractivity contribution is 5.97. The Morgan fingerprint density at radius 3 is 3.09 bits per heavy atom. The van der Waals surface area contributed by atoms with Crippen LogP contribution in [-0.4, -0.2) is 28.1 Å². The number of fused-ring (bicyclic) bond motifs is 1. The van der Waals surface area contributed by atoms with Gasteiger partial charge in [-0.05, 0) is 31.0 Å². The van der Waals surface area contributed by atoms with E-state index in [0.717, 1.165) is 30.1 Å². The van der Waals surface area contributed by atoms with Crippen molar-refractivity contribution < 1.29 is 9.53 Å². The second-order valence-electron chi connectivity index (χ2n) is 5.74. The second-order valence-corrected chi connectivity index (χ2v) is 5.74. The fourth-order valence-corrected chi connectivity index (χ4v) is 2.64. The normalized spacial score (nSPS) is 18.0. The average molecular weight is 314 g/mol. The van der Waals surface area contributed by atoms with Crippen LogP contribution in [0.25, 0.3) is 0 Å². The molecule has 1 amide bonds. The molecule has 1 aliphatic heterocycles. The number of amides is 1. The fourth-order valence-electron chi connectivity index (χ4n) is 2.64. The molecule has 2 heterocycles. The van der Waals surface area contributed by atoms with E-state index in [9.17, 15) is 4.79 Å². The number of carbonyl (C=O) groups excluding carboxylic acids is 1. The highest BCUT2D eigenvalue weighted by Gasteiger charge is 2.26. The minimum atomic E-state index is -0.401. The van der Waals surface area contributed by atoms with Crippen LogP contribution >= 0.6 is 0 Å². The van der Waals surface area contributed by atoms with Crippen LogP contribution in [0.4, 0.5) is 5.69 Å². The standard InChI is InChI=1S/C17H22N4O2/c1-3-15-17(22)20-14-5-4-13(10-16(14)23-15)12(2)19-7-9-21-8-6-18-11-21/h4-6,8,10-12,15,19H,3,7,9H2,1-2H3,(H,20,22)/t12-,15-/m0/s1. The quantitative estimate of drug-likeness (QED) is 0.859. The summed E-state index contributed by atoms with van der Waals surface area (Å²) in [5, 5.41) is 6.38. The van der Waals surface area contributed by atoms with Gasteiger partial charge < -0.3 is 19.9 Å². The molecule has 2 atom stereocenters. The number of anilines is 1. The van der Waals surface area contributed by atoms with Crippen LogP contribution in [0.15, 0.2) is 36.9 Å². The number of rotatable bonds is 6. The second kappa shape index (κ2) is 6.83. The van der Waals surface area contributed by atoms with Crippen LogP contribution in [0.1, 0.15) is 31.9 Å². The first-order valence-corrected chi connectivity index (χ1v) is 7.98. The monoisotopic (exact) mass is 314 g/mol. The largest absolute Gasteiger partial charge is 0.478 e. The van der Waals surface area contributed by atoms with Crippen molar-refractivity contribution in [2.45, 2.75) is 39.0 Å². The van der Waals surface area contributed by atoms with Gasteiger partial charge >= 0.3 is 0 Å². The van der Waals surface area contributed by atoms with Crippen molar-refractivity contribution in [2.24, 2.45) is 0 Å². The zero-order valence-electron chi connectivity index (χ0n) is 13.5. The van der Waals surface area contributed by atoms with E-state index in [2.05, 4.69) is 22.5 Å².